The number of para-hydroxylation sites is 1. The van der Waals surface area contributed by atoms with Crippen LogP contribution in [0, 0.1) is 0 Å². The highest BCUT2D eigenvalue weighted by Crippen LogP contribution is 2.36. The molecule has 2 heteroatoms. The van der Waals surface area contributed by atoms with Crippen LogP contribution in [0.25, 0.3) is 0 Å². The topological polar surface area (TPSA) is 19.9 Å². The Morgan fingerprint density at radius 3 is 2.00 bits per heavy atom. The molecule has 0 fully saturated rings. The zero-order valence-corrected chi connectivity index (χ0v) is 10.7. The summed E-state index contributed by atoms with van der Waals surface area (Å²) in [7, 11) is -1.64. The second kappa shape index (κ2) is 3.43. The van der Waals surface area contributed by atoms with Crippen molar-refractivity contribution in [1.82, 2.24) is 0 Å². The van der Waals surface area contributed by atoms with E-state index in [1.165, 1.54) is 0 Å². The van der Waals surface area contributed by atoms with Crippen LogP contribution in [0.5, 0.6) is 5.75 Å². The van der Waals surface area contributed by atoms with Crippen LogP contribution in [0.1, 0.15) is 20.8 Å². The molecule has 0 amide bonds. The lowest BCUT2D eigenvalue weighted by atomic mass is 10.2. The first-order valence-corrected chi connectivity index (χ1v) is 8.03. The summed E-state index contributed by atoms with van der Waals surface area (Å²) in [4.78, 5) is 0. The molecule has 0 aliphatic carbocycles. The Kier molecular flexibility index (Phi) is 2.77. The largest absolute Gasteiger partial charge is 0.290 e. The predicted octanol–water partition coefficient (Wildman–Crippen LogP) is 3.55. The van der Waals surface area contributed by atoms with Gasteiger partial charge in [-0.15, -0.1) is 0 Å². The lowest BCUT2D eigenvalue weighted by Crippen LogP contribution is -2.49. The van der Waals surface area contributed by atoms with Gasteiger partial charge in [-0.2, -0.15) is 0 Å². The van der Waals surface area contributed by atoms with E-state index < -0.39 is 8.07 Å². The second-order valence-electron chi connectivity index (χ2n) is 5.37. The Morgan fingerprint density at radius 1 is 1.07 bits per heavy atom. The highest BCUT2D eigenvalue weighted by molar-refractivity contribution is 6.92. The van der Waals surface area contributed by atoms with Gasteiger partial charge in [0.05, 0.1) is 8.07 Å². The Labute approximate surface area is 87.8 Å². The smallest absolute Gasteiger partial charge is 0.177 e. The highest BCUT2D eigenvalue weighted by atomic mass is 28.3. The molecular weight excluding hydrogens is 188 g/mol. The summed E-state index contributed by atoms with van der Waals surface area (Å²) in [5.41, 5.74) is 0. The standard InChI is InChI=1S/C12H19OSi/c1-12(2,3)14(4,5)11-9-7-6-8-10(11)13/h6-9H,1-5H3. The van der Waals surface area contributed by atoms with Crippen LogP contribution in [0.4, 0.5) is 0 Å². The maximum Gasteiger partial charge on any atom is 0.177 e. The van der Waals surface area contributed by atoms with Crippen LogP contribution in [0.2, 0.25) is 18.1 Å². The number of rotatable bonds is 1. The van der Waals surface area contributed by atoms with E-state index in [1.54, 1.807) is 6.07 Å². The van der Waals surface area contributed by atoms with Gasteiger partial charge < -0.3 is 0 Å². The molecule has 0 bridgehead atoms. The molecule has 0 aliphatic heterocycles. The molecule has 1 aromatic carbocycles. The Morgan fingerprint density at radius 2 is 1.57 bits per heavy atom. The van der Waals surface area contributed by atoms with Crippen molar-refractivity contribution in [2.45, 2.75) is 38.9 Å². The van der Waals surface area contributed by atoms with Gasteiger partial charge in [0.2, 0.25) is 0 Å². The number of benzene rings is 1. The molecule has 0 saturated carbocycles. The highest BCUT2D eigenvalue weighted by Gasteiger charge is 2.38. The SMILES string of the molecule is CC(C)(C)[Si](C)(C)c1ccccc1[O]. The van der Waals surface area contributed by atoms with Crippen molar-refractivity contribution < 1.29 is 5.11 Å². The molecule has 0 heterocycles. The van der Waals surface area contributed by atoms with Crippen LogP contribution in [0.15, 0.2) is 24.3 Å². The summed E-state index contributed by atoms with van der Waals surface area (Å²) in [5.74, 6) is 0.207. The third-order valence-corrected chi connectivity index (χ3v) is 8.95. The Hall–Kier alpha value is -0.763. The first-order chi connectivity index (χ1) is 6.27. The zero-order valence-electron chi connectivity index (χ0n) is 9.72. The van der Waals surface area contributed by atoms with E-state index in [1.807, 2.05) is 18.2 Å². The van der Waals surface area contributed by atoms with E-state index >= 15 is 0 Å². The normalized spacial score (nSPS) is 12.9. The summed E-state index contributed by atoms with van der Waals surface area (Å²) in [6, 6.07) is 7.46. The van der Waals surface area contributed by atoms with Crippen molar-refractivity contribution in [3.05, 3.63) is 24.3 Å². The molecule has 0 atom stereocenters. The Balaban J connectivity index is 3.23. The van der Waals surface area contributed by atoms with Gasteiger partial charge in [-0.3, -0.25) is 5.11 Å². The zero-order chi connectivity index (χ0) is 11.0. The van der Waals surface area contributed by atoms with E-state index in [0.29, 0.717) is 0 Å². The van der Waals surface area contributed by atoms with E-state index in [9.17, 15) is 5.11 Å². The van der Waals surface area contributed by atoms with Crippen molar-refractivity contribution in [2.75, 3.05) is 0 Å². The van der Waals surface area contributed by atoms with Crippen LogP contribution in [-0.4, -0.2) is 8.07 Å². The summed E-state index contributed by atoms with van der Waals surface area (Å²) in [5, 5.41) is 13.0. The van der Waals surface area contributed by atoms with Gasteiger partial charge in [0, 0.05) is 0 Å². The average molecular weight is 207 g/mol. The van der Waals surface area contributed by atoms with Gasteiger partial charge in [-0.25, -0.2) is 0 Å². The van der Waals surface area contributed by atoms with Gasteiger partial charge in [0.15, 0.2) is 5.75 Å². The van der Waals surface area contributed by atoms with Crippen molar-refractivity contribution in [1.29, 1.82) is 0 Å². The fraction of sp³-hybridized carbons (Fsp3) is 0.500. The van der Waals surface area contributed by atoms with Gasteiger partial charge in [-0.05, 0) is 16.3 Å². The molecule has 0 aromatic heterocycles. The molecule has 0 spiro atoms. The van der Waals surface area contributed by atoms with Crippen LogP contribution < -0.4 is 5.19 Å². The quantitative estimate of drug-likeness (QED) is 0.628. The average Bonchev–Trinajstić information content (AvgIpc) is 2.02. The maximum absolute atomic E-state index is 11.7. The van der Waals surface area contributed by atoms with Crippen LogP contribution in [-0.2, 0) is 5.11 Å². The predicted molar refractivity (Wildman–Crippen MR) is 63.4 cm³/mol. The van der Waals surface area contributed by atoms with Crippen molar-refractivity contribution >= 4 is 13.3 Å². The van der Waals surface area contributed by atoms with Crippen molar-refractivity contribution in [2.24, 2.45) is 0 Å². The molecule has 0 saturated heterocycles. The van der Waals surface area contributed by atoms with Gasteiger partial charge in [-0.1, -0.05) is 52.1 Å². The van der Waals surface area contributed by atoms with E-state index in [0.717, 1.165) is 5.19 Å². The second-order valence-corrected chi connectivity index (χ2v) is 10.7. The molecule has 0 unspecified atom stereocenters. The third-order valence-electron chi connectivity index (χ3n) is 3.44. The molecule has 77 valence electrons. The van der Waals surface area contributed by atoms with E-state index in [4.69, 9.17) is 0 Å². The van der Waals surface area contributed by atoms with E-state index in [2.05, 4.69) is 33.9 Å². The summed E-state index contributed by atoms with van der Waals surface area (Å²) in [6.45, 7) is 11.2. The number of hydrogen-bond donors (Lipinski definition) is 0. The Bertz CT molecular complexity index is 323. The molecule has 14 heavy (non-hydrogen) atoms. The van der Waals surface area contributed by atoms with Gasteiger partial charge in [0.1, 0.15) is 0 Å². The van der Waals surface area contributed by atoms with Crippen LogP contribution >= 0.6 is 0 Å². The first-order valence-electron chi connectivity index (χ1n) is 5.03. The molecule has 1 rings (SSSR count). The van der Waals surface area contributed by atoms with Crippen molar-refractivity contribution in [3.8, 4) is 5.75 Å². The van der Waals surface area contributed by atoms with Gasteiger partial charge >= 0.3 is 0 Å². The molecular formula is C12H19OSi. The number of hydrogen-bond acceptors (Lipinski definition) is 0. The summed E-state index contributed by atoms with van der Waals surface area (Å²) >= 11 is 0. The molecule has 1 aromatic rings. The summed E-state index contributed by atoms with van der Waals surface area (Å²) in [6.07, 6.45) is 0. The van der Waals surface area contributed by atoms with Crippen LogP contribution in [0.3, 0.4) is 0 Å². The first kappa shape index (κ1) is 11.3. The van der Waals surface area contributed by atoms with Crippen molar-refractivity contribution in [3.63, 3.8) is 0 Å². The monoisotopic (exact) mass is 207 g/mol. The molecule has 1 radical (unpaired) electrons. The minimum atomic E-state index is -1.64. The summed E-state index contributed by atoms with van der Waals surface area (Å²) < 4.78 is 0. The molecule has 1 nitrogen and oxygen atoms in total. The van der Waals surface area contributed by atoms with E-state index in [-0.39, 0.29) is 10.8 Å². The third kappa shape index (κ3) is 1.85. The van der Waals surface area contributed by atoms with Gasteiger partial charge in [0.25, 0.3) is 0 Å². The fourth-order valence-electron chi connectivity index (χ4n) is 1.39. The minimum absolute atomic E-state index is 0.207. The fourth-order valence-corrected chi connectivity index (χ4v) is 3.41. The molecule has 0 N–H and O–H groups in total. The minimum Gasteiger partial charge on any atom is -0.290 e. The lowest BCUT2D eigenvalue weighted by molar-refractivity contribution is 0.358. The lowest BCUT2D eigenvalue weighted by Gasteiger charge is -2.37. The maximum atomic E-state index is 11.7. The molecule has 0 aliphatic rings.